The van der Waals surface area contributed by atoms with E-state index < -0.39 is 0 Å². The molecule has 1 amide bonds. The van der Waals surface area contributed by atoms with Crippen molar-refractivity contribution in [2.24, 2.45) is 0 Å². The highest BCUT2D eigenvalue weighted by molar-refractivity contribution is 5.97. The Morgan fingerprint density at radius 2 is 1.88 bits per heavy atom. The molecule has 0 aliphatic carbocycles. The minimum absolute atomic E-state index is 0.132. The third kappa shape index (κ3) is 5.89. The van der Waals surface area contributed by atoms with E-state index in [-0.39, 0.29) is 18.4 Å². The number of likely N-dealkylation sites (tertiary alicyclic amines) is 1. The number of aryl methyl sites for hydroxylation is 1. The highest BCUT2D eigenvalue weighted by Gasteiger charge is 2.33. The maximum atomic E-state index is 12.6. The van der Waals surface area contributed by atoms with E-state index in [1.54, 1.807) is 4.90 Å². The van der Waals surface area contributed by atoms with E-state index in [1.165, 1.54) is 34.5 Å². The van der Waals surface area contributed by atoms with Crippen LogP contribution in [0.2, 0.25) is 0 Å². The van der Waals surface area contributed by atoms with E-state index in [0.29, 0.717) is 38.3 Å². The third-order valence-corrected chi connectivity index (χ3v) is 9.38. The summed E-state index contributed by atoms with van der Waals surface area (Å²) >= 11 is 0. The lowest BCUT2D eigenvalue weighted by Crippen LogP contribution is -2.55. The molecule has 0 N–H and O–H groups in total. The minimum Gasteiger partial charge on any atom is -0.462 e. The molecule has 4 heterocycles. The smallest absolute Gasteiger partial charge is 0.318 e. The number of likely N-dealkylation sites (N-methyl/N-ethyl adjacent to an activating group) is 1. The summed E-state index contributed by atoms with van der Waals surface area (Å²) < 4.78 is 6.30. The van der Waals surface area contributed by atoms with Crippen molar-refractivity contribution in [3.05, 3.63) is 65.9 Å². The molecule has 2 fully saturated rings. The van der Waals surface area contributed by atoms with Gasteiger partial charge in [0.15, 0.2) is 0 Å². The molecule has 2 aromatic carbocycles. The molecular formula is C34H41N7O2. The monoisotopic (exact) mass is 579 g/mol. The van der Waals surface area contributed by atoms with E-state index in [4.69, 9.17) is 14.7 Å². The number of hydrogen-bond donors (Lipinski definition) is 0. The lowest BCUT2D eigenvalue weighted by atomic mass is 10.0. The predicted octanol–water partition coefficient (Wildman–Crippen LogP) is 4.13. The van der Waals surface area contributed by atoms with Gasteiger partial charge in [-0.25, -0.2) is 0 Å². The average molecular weight is 580 g/mol. The third-order valence-electron chi connectivity index (χ3n) is 9.38. The number of hydrogen-bond acceptors (Lipinski definition) is 8. The van der Waals surface area contributed by atoms with Crippen molar-refractivity contribution in [3.8, 4) is 12.1 Å². The van der Waals surface area contributed by atoms with Gasteiger partial charge in [0.05, 0.1) is 24.2 Å². The number of ether oxygens (including phenoxy) is 1. The zero-order valence-electron chi connectivity index (χ0n) is 25.3. The lowest BCUT2D eigenvalue weighted by molar-refractivity contribution is -0.128. The van der Waals surface area contributed by atoms with Crippen molar-refractivity contribution < 1.29 is 9.53 Å². The van der Waals surface area contributed by atoms with E-state index in [9.17, 15) is 10.1 Å². The average Bonchev–Trinajstić information content (AvgIpc) is 3.31. The number of nitrogens with zero attached hydrogens (tertiary/aromatic N) is 7. The van der Waals surface area contributed by atoms with Gasteiger partial charge in [-0.1, -0.05) is 36.9 Å². The molecule has 2 atom stereocenters. The van der Waals surface area contributed by atoms with Crippen LogP contribution in [0.25, 0.3) is 10.8 Å². The van der Waals surface area contributed by atoms with Crippen LogP contribution < -0.4 is 14.5 Å². The SMILES string of the molecule is C=CC(=O)N1CCN(c2nc(OC[C@@H]3CCCN3C)nc3c2CCN(c2cccc4cccc(C)c24)CC3)C[C@@H]1CC#N. The second-order valence-corrected chi connectivity index (χ2v) is 12.0. The fourth-order valence-corrected chi connectivity index (χ4v) is 6.99. The van der Waals surface area contributed by atoms with E-state index in [1.807, 2.05) is 0 Å². The van der Waals surface area contributed by atoms with Gasteiger partial charge in [-0.15, -0.1) is 0 Å². The van der Waals surface area contributed by atoms with Crippen molar-refractivity contribution in [1.29, 1.82) is 5.26 Å². The Balaban J connectivity index is 1.32. The molecule has 1 aromatic heterocycles. The topological polar surface area (TPSA) is 88.8 Å². The van der Waals surface area contributed by atoms with Gasteiger partial charge in [-0.3, -0.25) is 4.79 Å². The maximum absolute atomic E-state index is 12.6. The Morgan fingerprint density at radius 3 is 2.65 bits per heavy atom. The summed E-state index contributed by atoms with van der Waals surface area (Å²) in [4.78, 5) is 31.4. The Kier molecular flexibility index (Phi) is 8.48. The molecule has 9 nitrogen and oxygen atoms in total. The van der Waals surface area contributed by atoms with E-state index in [2.05, 4.69) is 77.7 Å². The molecule has 9 heteroatoms. The van der Waals surface area contributed by atoms with Crippen molar-refractivity contribution in [3.63, 3.8) is 0 Å². The number of carbonyl (C=O) groups excluding carboxylic acids is 1. The zero-order chi connectivity index (χ0) is 29.9. The molecule has 0 bridgehead atoms. The lowest BCUT2D eigenvalue weighted by Gasteiger charge is -2.41. The van der Waals surface area contributed by atoms with Gasteiger partial charge in [0.25, 0.3) is 0 Å². The predicted molar refractivity (Wildman–Crippen MR) is 170 cm³/mol. The van der Waals surface area contributed by atoms with Gasteiger partial charge >= 0.3 is 6.01 Å². The number of rotatable bonds is 7. The molecule has 0 radical (unpaired) electrons. The Morgan fingerprint density at radius 1 is 1.07 bits per heavy atom. The van der Waals surface area contributed by atoms with Gasteiger partial charge in [0, 0.05) is 61.8 Å². The second kappa shape index (κ2) is 12.6. The highest BCUT2D eigenvalue weighted by Crippen LogP contribution is 2.34. The van der Waals surface area contributed by atoms with Gasteiger partial charge in [0.1, 0.15) is 12.4 Å². The molecule has 3 aromatic rings. The quantitative estimate of drug-likeness (QED) is 0.386. The summed E-state index contributed by atoms with van der Waals surface area (Å²) in [5.41, 5.74) is 4.70. The molecule has 3 aliphatic heterocycles. The van der Waals surface area contributed by atoms with Crippen LogP contribution in [-0.4, -0.2) is 90.7 Å². The van der Waals surface area contributed by atoms with Crippen LogP contribution in [0.5, 0.6) is 6.01 Å². The first-order chi connectivity index (χ1) is 21.0. The minimum atomic E-state index is -0.229. The standard InChI is InChI=1S/C34H41N7O2/c1-4-31(42)41-21-20-40(22-26(41)13-16-35)33-28-14-18-39(30-12-6-10-25-9-5-8-24(2)32(25)30)19-15-29(28)36-34(37-33)43-23-27-11-7-17-38(27)3/h4-6,8-10,12,26-27H,1,7,11,13-15,17-23H2,2-3H3/t26-,27-/m0/s1. The van der Waals surface area contributed by atoms with Crippen LogP contribution in [0, 0.1) is 18.3 Å². The van der Waals surface area contributed by atoms with Crippen molar-refractivity contribution in [2.75, 3.05) is 62.7 Å². The van der Waals surface area contributed by atoms with Crippen LogP contribution in [0.4, 0.5) is 11.5 Å². The fraction of sp³-hybridized carbons (Fsp3) is 0.471. The summed E-state index contributed by atoms with van der Waals surface area (Å²) in [5, 5.41) is 12.1. The number of piperazine rings is 1. The van der Waals surface area contributed by atoms with Crippen molar-refractivity contribution in [1.82, 2.24) is 19.8 Å². The number of carbonyl (C=O) groups is 1. The molecule has 0 unspecified atom stereocenters. The first-order valence-corrected chi connectivity index (χ1v) is 15.5. The van der Waals surface area contributed by atoms with Gasteiger partial charge < -0.3 is 24.3 Å². The highest BCUT2D eigenvalue weighted by atomic mass is 16.5. The van der Waals surface area contributed by atoms with Crippen LogP contribution >= 0.6 is 0 Å². The number of aromatic nitrogens is 2. The van der Waals surface area contributed by atoms with Gasteiger partial charge in [-0.05, 0) is 62.9 Å². The summed E-state index contributed by atoms with van der Waals surface area (Å²) in [5.74, 6) is 0.747. The molecule has 43 heavy (non-hydrogen) atoms. The first-order valence-electron chi connectivity index (χ1n) is 15.5. The summed E-state index contributed by atoms with van der Waals surface area (Å²) in [6.45, 7) is 10.9. The number of amides is 1. The van der Waals surface area contributed by atoms with Crippen LogP contribution in [-0.2, 0) is 17.6 Å². The zero-order valence-corrected chi connectivity index (χ0v) is 25.3. The summed E-state index contributed by atoms with van der Waals surface area (Å²) in [6.07, 6.45) is 5.47. The molecule has 0 saturated carbocycles. The molecule has 3 aliphatic rings. The number of fused-ring (bicyclic) bond motifs is 2. The van der Waals surface area contributed by atoms with Crippen LogP contribution in [0.3, 0.4) is 0 Å². The molecular weight excluding hydrogens is 538 g/mol. The fourth-order valence-electron chi connectivity index (χ4n) is 6.99. The summed E-state index contributed by atoms with van der Waals surface area (Å²) in [6, 6.07) is 15.9. The Bertz CT molecular complexity index is 1540. The molecule has 0 spiro atoms. The molecule has 224 valence electrons. The van der Waals surface area contributed by atoms with Crippen molar-refractivity contribution >= 4 is 28.2 Å². The van der Waals surface area contributed by atoms with Gasteiger partial charge in [-0.2, -0.15) is 15.2 Å². The van der Waals surface area contributed by atoms with Gasteiger partial charge in [0.2, 0.25) is 5.91 Å². The number of anilines is 2. The molecule has 6 rings (SSSR count). The first kappa shape index (κ1) is 28.9. The number of benzene rings is 2. The number of nitriles is 1. The van der Waals surface area contributed by atoms with E-state index >= 15 is 0 Å². The maximum Gasteiger partial charge on any atom is 0.318 e. The Labute approximate surface area is 254 Å². The van der Waals surface area contributed by atoms with Crippen molar-refractivity contribution in [2.45, 2.75) is 51.1 Å². The molecule has 2 saturated heterocycles. The summed E-state index contributed by atoms with van der Waals surface area (Å²) in [7, 11) is 2.15. The van der Waals surface area contributed by atoms with Crippen LogP contribution in [0.1, 0.15) is 36.1 Å². The Hall–Kier alpha value is -4.16. The van der Waals surface area contributed by atoms with E-state index in [0.717, 1.165) is 56.0 Å². The second-order valence-electron chi connectivity index (χ2n) is 12.0. The van der Waals surface area contributed by atoms with Crippen LogP contribution in [0.15, 0.2) is 49.1 Å². The normalized spacial score (nSPS) is 20.9. The largest absolute Gasteiger partial charge is 0.462 e.